The average molecular weight is 259 g/mol. The van der Waals surface area contributed by atoms with Crippen molar-refractivity contribution in [1.82, 2.24) is 4.90 Å². The highest BCUT2D eigenvalue weighted by atomic mass is 32.2. The second-order valence-electron chi connectivity index (χ2n) is 3.71. The Hall–Kier alpha value is -0.880. The van der Waals surface area contributed by atoms with Crippen molar-refractivity contribution in [2.75, 3.05) is 13.7 Å². The van der Waals surface area contributed by atoms with E-state index in [0.29, 0.717) is 21.7 Å². The molecule has 0 unspecified atom stereocenters. The molecule has 1 aliphatic heterocycles. The number of thiocarbonyl (C=S) groups is 1. The Balaban J connectivity index is 2.82. The Labute approximate surface area is 104 Å². The van der Waals surface area contributed by atoms with Crippen molar-refractivity contribution < 1.29 is 14.3 Å². The molecule has 0 aliphatic carbocycles. The van der Waals surface area contributed by atoms with Gasteiger partial charge in [-0.15, -0.1) is 0 Å². The molecule has 0 saturated carbocycles. The van der Waals surface area contributed by atoms with Gasteiger partial charge in [0.2, 0.25) is 0 Å². The van der Waals surface area contributed by atoms with Crippen LogP contribution in [0.25, 0.3) is 0 Å². The molecule has 0 aromatic heterocycles. The Kier molecular flexibility index (Phi) is 4.49. The minimum absolute atomic E-state index is 0.214. The highest BCUT2D eigenvalue weighted by Crippen LogP contribution is 2.31. The molecule has 1 fully saturated rings. The highest BCUT2D eigenvalue weighted by Gasteiger charge is 2.32. The lowest BCUT2D eigenvalue weighted by Crippen LogP contribution is -2.31. The first-order valence-electron chi connectivity index (χ1n) is 4.79. The van der Waals surface area contributed by atoms with E-state index < -0.39 is 5.97 Å². The summed E-state index contributed by atoms with van der Waals surface area (Å²) in [5, 5.41) is 0. The Morgan fingerprint density at radius 3 is 2.75 bits per heavy atom. The first-order chi connectivity index (χ1) is 7.45. The van der Waals surface area contributed by atoms with Gasteiger partial charge in [0.1, 0.15) is 4.32 Å². The highest BCUT2D eigenvalue weighted by molar-refractivity contribution is 8.26. The van der Waals surface area contributed by atoms with Gasteiger partial charge in [0.25, 0.3) is 5.91 Å². The molecule has 16 heavy (non-hydrogen) atoms. The van der Waals surface area contributed by atoms with Gasteiger partial charge in [-0.3, -0.25) is 9.69 Å². The van der Waals surface area contributed by atoms with Crippen molar-refractivity contribution in [2.45, 2.75) is 13.8 Å². The molecule has 0 aromatic rings. The van der Waals surface area contributed by atoms with E-state index in [1.165, 1.54) is 18.1 Å². The number of amides is 1. The zero-order chi connectivity index (χ0) is 12.3. The molecule has 0 radical (unpaired) electrons. The molecule has 0 aromatic carbocycles. The smallest absolute Gasteiger partial charge is 0.331 e. The van der Waals surface area contributed by atoms with Gasteiger partial charge < -0.3 is 4.74 Å². The van der Waals surface area contributed by atoms with Crippen LogP contribution in [-0.2, 0) is 14.3 Å². The van der Waals surface area contributed by atoms with E-state index in [-0.39, 0.29) is 5.91 Å². The number of methoxy groups -OCH3 is 1. The second kappa shape index (κ2) is 5.45. The molecule has 6 heteroatoms. The van der Waals surface area contributed by atoms with Gasteiger partial charge in [-0.05, 0) is 5.92 Å². The van der Waals surface area contributed by atoms with E-state index in [4.69, 9.17) is 12.2 Å². The van der Waals surface area contributed by atoms with Gasteiger partial charge >= 0.3 is 5.97 Å². The van der Waals surface area contributed by atoms with E-state index in [0.717, 1.165) is 11.8 Å². The molecule has 1 amide bonds. The fourth-order valence-electron chi connectivity index (χ4n) is 1.19. The van der Waals surface area contributed by atoms with Crippen LogP contribution in [0.3, 0.4) is 0 Å². The summed E-state index contributed by atoms with van der Waals surface area (Å²) in [7, 11) is 1.27. The summed E-state index contributed by atoms with van der Waals surface area (Å²) >= 11 is 6.21. The SMILES string of the molecule is COC(=O)/C=C1\SC(=S)N(CC(C)C)C1=O. The Bertz CT molecular complexity index is 363. The number of carbonyl (C=O) groups excluding carboxylic acids is 2. The molecule has 0 bridgehead atoms. The molecule has 0 N–H and O–H groups in total. The molecule has 88 valence electrons. The zero-order valence-corrected chi connectivity index (χ0v) is 11.0. The summed E-state index contributed by atoms with van der Waals surface area (Å²) in [4.78, 5) is 24.7. The molecule has 1 heterocycles. The van der Waals surface area contributed by atoms with Crippen molar-refractivity contribution in [3.63, 3.8) is 0 Å². The fraction of sp³-hybridized carbons (Fsp3) is 0.500. The maximum absolute atomic E-state index is 11.8. The molecule has 1 rings (SSSR count). The van der Waals surface area contributed by atoms with Gasteiger partial charge in [0, 0.05) is 12.6 Å². The topological polar surface area (TPSA) is 46.6 Å². The maximum atomic E-state index is 11.8. The normalized spacial score (nSPS) is 18.8. The largest absolute Gasteiger partial charge is 0.466 e. The third-order valence-electron chi connectivity index (χ3n) is 1.87. The predicted molar refractivity (Wildman–Crippen MR) is 66.8 cm³/mol. The lowest BCUT2D eigenvalue weighted by atomic mass is 10.2. The maximum Gasteiger partial charge on any atom is 0.331 e. The molecule has 0 spiro atoms. The first-order valence-corrected chi connectivity index (χ1v) is 6.01. The van der Waals surface area contributed by atoms with E-state index >= 15 is 0 Å². The van der Waals surface area contributed by atoms with Crippen LogP contribution >= 0.6 is 24.0 Å². The minimum Gasteiger partial charge on any atom is -0.466 e. The van der Waals surface area contributed by atoms with Crippen molar-refractivity contribution in [2.24, 2.45) is 5.92 Å². The molecule has 1 saturated heterocycles. The van der Waals surface area contributed by atoms with Crippen LogP contribution in [0.1, 0.15) is 13.8 Å². The monoisotopic (exact) mass is 259 g/mol. The Morgan fingerprint density at radius 1 is 1.62 bits per heavy atom. The summed E-state index contributed by atoms with van der Waals surface area (Å²) in [6.07, 6.45) is 1.18. The number of nitrogens with zero attached hydrogens (tertiary/aromatic N) is 1. The first kappa shape index (κ1) is 13.2. The third-order valence-corrected chi connectivity index (χ3v) is 3.25. The average Bonchev–Trinajstić information content (AvgIpc) is 2.45. The number of thioether (sulfide) groups is 1. The van der Waals surface area contributed by atoms with Crippen molar-refractivity contribution in [3.05, 3.63) is 11.0 Å². The summed E-state index contributed by atoms with van der Waals surface area (Å²) in [5.41, 5.74) is 0. The lowest BCUT2D eigenvalue weighted by Gasteiger charge is -2.16. The summed E-state index contributed by atoms with van der Waals surface area (Å²) in [6, 6.07) is 0. The molecule has 0 atom stereocenters. The number of hydrogen-bond acceptors (Lipinski definition) is 5. The van der Waals surface area contributed by atoms with Crippen LogP contribution in [0.5, 0.6) is 0 Å². The number of rotatable bonds is 3. The van der Waals surface area contributed by atoms with Crippen LogP contribution in [0.15, 0.2) is 11.0 Å². The van der Waals surface area contributed by atoms with Crippen LogP contribution < -0.4 is 0 Å². The third kappa shape index (κ3) is 3.05. The second-order valence-corrected chi connectivity index (χ2v) is 5.39. The lowest BCUT2D eigenvalue weighted by molar-refractivity contribution is -0.135. The minimum atomic E-state index is -0.537. The van der Waals surface area contributed by atoms with Crippen molar-refractivity contribution >= 4 is 40.2 Å². The summed E-state index contributed by atoms with van der Waals surface area (Å²) in [6.45, 7) is 4.58. The number of esters is 1. The van der Waals surface area contributed by atoms with E-state index in [2.05, 4.69) is 4.74 Å². The predicted octanol–water partition coefficient (Wildman–Crippen LogP) is 1.56. The van der Waals surface area contributed by atoms with Gasteiger partial charge in [0.05, 0.1) is 12.0 Å². The van der Waals surface area contributed by atoms with E-state index in [1.54, 1.807) is 0 Å². The summed E-state index contributed by atoms with van der Waals surface area (Å²) < 4.78 is 4.96. The van der Waals surface area contributed by atoms with Gasteiger partial charge in [-0.1, -0.05) is 37.8 Å². The van der Waals surface area contributed by atoms with Crippen LogP contribution in [0.2, 0.25) is 0 Å². The van der Waals surface area contributed by atoms with Crippen molar-refractivity contribution in [3.8, 4) is 0 Å². The molecular weight excluding hydrogens is 246 g/mol. The van der Waals surface area contributed by atoms with Crippen molar-refractivity contribution in [1.29, 1.82) is 0 Å². The number of ether oxygens (including phenoxy) is 1. The quantitative estimate of drug-likeness (QED) is 0.437. The number of carbonyl (C=O) groups is 2. The molecular formula is C10H13NO3S2. The van der Waals surface area contributed by atoms with Gasteiger partial charge in [-0.2, -0.15) is 0 Å². The van der Waals surface area contributed by atoms with E-state index in [1.807, 2.05) is 13.8 Å². The van der Waals surface area contributed by atoms with Gasteiger partial charge in [0.15, 0.2) is 0 Å². The van der Waals surface area contributed by atoms with Gasteiger partial charge in [-0.25, -0.2) is 4.79 Å². The Morgan fingerprint density at radius 2 is 2.25 bits per heavy atom. The van der Waals surface area contributed by atoms with Crippen LogP contribution in [0.4, 0.5) is 0 Å². The van der Waals surface area contributed by atoms with Crippen LogP contribution in [-0.4, -0.2) is 34.8 Å². The number of hydrogen-bond donors (Lipinski definition) is 0. The van der Waals surface area contributed by atoms with Crippen LogP contribution in [0, 0.1) is 5.92 Å². The molecule has 4 nitrogen and oxygen atoms in total. The molecule has 1 aliphatic rings. The fourth-order valence-corrected chi connectivity index (χ4v) is 2.42. The summed E-state index contributed by atoms with van der Waals surface area (Å²) in [5.74, 6) is -0.417. The van der Waals surface area contributed by atoms with E-state index in [9.17, 15) is 9.59 Å². The standard InChI is InChI=1S/C10H13NO3S2/c1-6(2)5-11-9(13)7(16-10(11)15)4-8(12)14-3/h4,6H,5H2,1-3H3/b7-4-. The zero-order valence-electron chi connectivity index (χ0n) is 9.35.